The molecule has 0 spiro atoms. The summed E-state index contributed by atoms with van der Waals surface area (Å²) in [7, 11) is 0. The van der Waals surface area contributed by atoms with Crippen molar-refractivity contribution >= 4 is 33.8 Å². The Morgan fingerprint density at radius 1 is 1.47 bits per heavy atom. The highest BCUT2D eigenvalue weighted by Gasteiger charge is 2.21. The normalized spacial score (nSPS) is 16.6. The highest BCUT2D eigenvalue weighted by atomic mass is 32.2. The first-order valence-corrected chi connectivity index (χ1v) is 7.51. The van der Waals surface area contributed by atoms with Gasteiger partial charge in [-0.1, -0.05) is 0 Å². The molecule has 0 bridgehead atoms. The van der Waals surface area contributed by atoms with E-state index in [-0.39, 0.29) is 0 Å². The van der Waals surface area contributed by atoms with Crippen molar-refractivity contribution in [3.63, 3.8) is 0 Å². The average Bonchev–Trinajstić information content (AvgIpc) is 2.55. The van der Waals surface area contributed by atoms with Crippen LogP contribution in [-0.2, 0) is 4.74 Å². The molecule has 92 valence electrons. The predicted molar refractivity (Wildman–Crippen MR) is 72.9 cm³/mol. The van der Waals surface area contributed by atoms with Gasteiger partial charge in [0.25, 0.3) is 0 Å². The van der Waals surface area contributed by atoms with Crippen molar-refractivity contribution in [3.8, 4) is 6.07 Å². The van der Waals surface area contributed by atoms with E-state index in [9.17, 15) is 0 Å². The van der Waals surface area contributed by atoms with E-state index in [0.29, 0.717) is 10.6 Å². The number of anilines is 2. The fraction of sp³-hybridized carbons (Fsp3) is 0.545. The summed E-state index contributed by atoms with van der Waals surface area (Å²) >= 11 is 3.10. The lowest BCUT2D eigenvalue weighted by atomic mass is 10.3. The van der Waals surface area contributed by atoms with Crippen LogP contribution in [0.3, 0.4) is 0 Å². The molecule has 0 unspecified atom stereocenters. The lowest BCUT2D eigenvalue weighted by Crippen LogP contribution is -2.25. The molecule has 1 fully saturated rings. The minimum Gasteiger partial charge on any atom is -0.396 e. The Bertz CT molecular complexity index is 431. The van der Waals surface area contributed by atoms with Gasteiger partial charge >= 0.3 is 0 Å². The molecule has 1 aliphatic heterocycles. The van der Waals surface area contributed by atoms with Gasteiger partial charge in [-0.15, -0.1) is 23.1 Å². The number of nitrogen functional groups attached to an aromatic ring is 1. The number of hydrogen-bond donors (Lipinski definition) is 1. The molecule has 0 aromatic carbocycles. The monoisotopic (exact) mass is 269 g/mol. The summed E-state index contributed by atoms with van der Waals surface area (Å²) in [5.74, 6) is 0. The van der Waals surface area contributed by atoms with Gasteiger partial charge in [0.2, 0.25) is 0 Å². The second-order valence-corrected chi connectivity index (χ2v) is 5.56. The third-order valence-corrected chi connectivity index (χ3v) is 4.82. The molecule has 2 rings (SSSR count). The van der Waals surface area contributed by atoms with E-state index in [1.165, 1.54) is 11.3 Å². The molecule has 1 aromatic rings. The fourth-order valence-electron chi connectivity index (χ4n) is 1.85. The standard InChI is InChI=1S/C11H15N3OS2/c1-16-10-9(13)8(7-12)17-11(10)14-3-2-5-15-6-4-14/h2-6,13H2,1H3. The van der Waals surface area contributed by atoms with Gasteiger partial charge in [0.15, 0.2) is 0 Å². The number of ether oxygens (including phenoxy) is 1. The van der Waals surface area contributed by atoms with Crippen LogP contribution in [-0.4, -0.2) is 32.6 Å². The molecule has 17 heavy (non-hydrogen) atoms. The highest BCUT2D eigenvalue weighted by Crippen LogP contribution is 2.43. The molecule has 0 saturated carbocycles. The molecule has 4 nitrogen and oxygen atoms in total. The van der Waals surface area contributed by atoms with Gasteiger partial charge < -0.3 is 15.4 Å². The summed E-state index contributed by atoms with van der Waals surface area (Å²) in [6, 6.07) is 2.17. The van der Waals surface area contributed by atoms with Crippen molar-refractivity contribution in [1.82, 2.24) is 0 Å². The minimum atomic E-state index is 0.620. The maximum absolute atomic E-state index is 9.03. The Labute approximate surface area is 109 Å². The van der Waals surface area contributed by atoms with Crippen molar-refractivity contribution in [1.29, 1.82) is 5.26 Å². The van der Waals surface area contributed by atoms with Crippen LogP contribution >= 0.6 is 23.1 Å². The number of nitrogens with two attached hydrogens (primary N) is 1. The van der Waals surface area contributed by atoms with E-state index in [2.05, 4.69) is 11.0 Å². The smallest absolute Gasteiger partial charge is 0.131 e. The molecule has 1 saturated heterocycles. The van der Waals surface area contributed by atoms with E-state index >= 15 is 0 Å². The topological polar surface area (TPSA) is 62.3 Å². The minimum absolute atomic E-state index is 0.620. The zero-order valence-electron chi connectivity index (χ0n) is 9.73. The molecule has 1 aliphatic rings. The fourth-order valence-corrected chi connectivity index (χ4v) is 3.88. The quantitative estimate of drug-likeness (QED) is 0.834. The molecule has 6 heteroatoms. The number of nitrogens with zero attached hydrogens (tertiary/aromatic N) is 2. The maximum Gasteiger partial charge on any atom is 0.131 e. The third-order valence-electron chi connectivity index (χ3n) is 2.70. The summed E-state index contributed by atoms with van der Waals surface area (Å²) in [6.45, 7) is 3.40. The lowest BCUT2D eigenvalue weighted by molar-refractivity contribution is 0.152. The molecule has 0 radical (unpaired) electrons. The van der Waals surface area contributed by atoms with E-state index in [1.54, 1.807) is 11.8 Å². The van der Waals surface area contributed by atoms with Gasteiger partial charge in [-0.25, -0.2) is 0 Å². The number of rotatable bonds is 2. The van der Waals surface area contributed by atoms with Crippen LogP contribution in [0.25, 0.3) is 0 Å². The largest absolute Gasteiger partial charge is 0.396 e. The summed E-state index contributed by atoms with van der Waals surface area (Å²) in [5, 5.41) is 10.2. The molecule has 2 heterocycles. The zero-order valence-corrected chi connectivity index (χ0v) is 11.4. The number of hydrogen-bond acceptors (Lipinski definition) is 6. The Morgan fingerprint density at radius 2 is 2.29 bits per heavy atom. The van der Waals surface area contributed by atoms with Crippen molar-refractivity contribution in [2.24, 2.45) is 0 Å². The number of thiophene rings is 1. The SMILES string of the molecule is CSc1c(N2CCCOCC2)sc(C#N)c1N. The maximum atomic E-state index is 9.03. The molecular weight excluding hydrogens is 254 g/mol. The first-order valence-electron chi connectivity index (χ1n) is 5.47. The van der Waals surface area contributed by atoms with E-state index in [4.69, 9.17) is 15.7 Å². The number of thioether (sulfide) groups is 1. The summed E-state index contributed by atoms with van der Waals surface area (Å²) in [5.41, 5.74) is 6.61. The van der Waals surface area contributed by atoms with Crippen LogP contribution in [0.15, 0.2) is 4.90 Å². The Hall–Kier alpha value is -0.900. The Kier molecular flexibility index (Phi) is 4.15. The van der Waals surface area contributed by atoms with Gasteiger partial charge in [-0.05, 0) is 12.7 Å². The van der Waals surface area contributed by atoms with E-state index in [1.807, 2.05) is 6.26 Å². The van der Waals surface area contributed by atoms with Crippen LogP contribution in [0.2, 0.25) is 0 Å². The van der Waals surface area contributed by atoms with Gasteiger partial charge in [0.1, 0.15) is 15.9 Å². The second kappa shape index (κ2) is 5.63. The number of nitriles is 1. The molecule has 2 N–H and O–H groups in total. The van der Waals surface area contributed by atoms with Crippen molar-refractivity contribution in [3.05, 3.63) is 4.88 Å². The summed E-state index contributed by atoms with van der Waals surface area (Å²) < 4.78 is 5.44. The summed E-state index contributed by atoms with van der Waals surface area (Å²) in [6.07, 6.45) is 3.02. The van der Waals surface area contributed by atoms with Crippen LogP contribution in [0.1, 0.15) is 11.3 Å². The van der Waals surface area contributed by atoms with Crippen LogP contribution in [0.4, 0.5) is 10.7 Å². The van der Waals surface area contributed by atoms with Crippen LogP contribution in [0.5, 0.6) is 0 Å². The van der Waals surface area contributed by atoms with Crippen molar-refractivity contribution < 1.29 is 4.74 Å². The van der Waals surface area contributed by atoms with E-state index < -0.39 is 0 Å². The predicted octanol–water partition coefficient (Wildman–Crippen LogP) is 2.15. The lowest BCUT2D eigenvalue weighted by Gasteiger charge is -2.21. The molecule has 1 aromatic heterocycles. The molecule has 0 atom stereocenters. The Balaban J connectivity index is 2.33. The van der Waals surface area contributed by atoms with Gasteiger partial charge in [0, 0.05) is 19.7 Å². The van der Waals surface area contributed by atoms with Gasteiger partial charge in [0.05, 0.1) is 17.2 Å². The van der Waals surface area contributed by atoms with Gasteiger partial charge in [-0.3, -0.25) is 0 Å². The zero-order chi connectivity index (χ0) is 12.3. The second-order valence-electron chi connectivity index (χ2n) is 3.75. The molecule has 0 amide bonds. The van der Waals surface area contributed by atoms with Gasteiger partial charge in [-0.2, -0.15) is 5.26 Å². The Morgan fingerprint density at radius 3 is 3.00 bits per heavy atom. The molecule has 0 aliphatic carbocycles. The van der Waals surface area contributed by atoms with Crippen molar-refractivity contribution in [2.45, 2.75) is 11.3 Å². The molecular formula is C11H15N3OS2. The van der Waals surface area contributed by atoms with E-state index in [0.717, 1.165) is 42.6 Å². The first kappa shape index (κ1) is 12.6. The third kappa shape index (κ3) is 2.51. The highest BCUT2D eigenvalue weighted by molar-refractivity contribution is 7.99. The summed E-state index contributed by atoms with van der Waals surface area (Å²) in [4.78, 5) is 3.93. The average molecular weight is 269 g/mol. The van der Waals surface area contributed by atoms with Crippen LogP contribution in [0, 0.1) is 11.3 Å². The first-order chi connectivity index (χ1) is 8.27. The van der Waals surface area contributed by atoms with Crippen molar-refractivity contribution in [2.75, 3.05) is 43.2 Å². The van der Waals surface area contributed by atoms with Crippen LogP contribution < -0.4 is 10.6 Å².